The molecule has 2 N–H and O–H groups in total. The van der Waals surface area contributed by atoms with E-state index in [2.05, 4.69) is 0 Å². The van der Waals surface area contributed by atoms with E-state index in [1.165, 1.54) is 31.2 Å². The minimum atomic E-state index is -2.30. The summed E-state index contributed by atoms with van der Waals surface area (Å²) in [4.78, 5) is 25.8. The Morgan fingerprint density at radius 1 is 1.25 bits per heavy atom. The molecule has 1 aromatic rings. The zero-order valence-electron chi connectivity index (χ0n) is 19.7. The maximum absolute atomic E-state index is 17.3. The standard InChI is InChI=1S/C26H27F3O6S/c1-23-6-5-12(31)7-15(23)16(27)8-14-13-9-20-26(19(33)11-30,24(13,2)10-18(32)25(14,23)29)35-22(34-20)17-3-4-21(28)36-17/h3-7,13-14,16,18,20,22,30,32H,8-11H2,1-2H3/t13-,14?,16-,18-,20+,22+,23-,24-,25-,26+/m0/s1. The first-order chi connectivity index (χ1) is 16.9. The molecular formula is C26H27F3O6S. The summed E-state index contributed by atoms with van der Waals surface area (Å²) in [5.74, 6) is -2.74. The molecule has 10 heteroatoms. The first kappa shape index (κ1) is 24.5. The van der Waals surface area contributed by atoms with Gasteiger partial charge < -0.3 is 19.7 Å². The van der Waals surface area contributed by atoms with Gasteiger partial charge in [0.15, 0.2) is 34.3 Å². The molecule has 3 saturated carbocycles. The Bertz CT molecular complexity index is 1210. The number of rotatable bonds is 3. The third-order valence-corrected chi connectivity index (χ3v) is 10.6. The summed E-state index contributed by atoms with van der Waals surface area (Å²) in [5, 5.41) is 20.9. The lowest BCUT2D eigenvalue weighted by atomic mass is 9.44. The van der Waals surface area contributed by atoms with Gasteiger partial charge in [-0.25, -0.2) is 8.78 Å². The van der Waals surface area contributed by atoms with Crippen LogP contribution in [0.25, 0.3) is 0 Å². The third kappa shape index (κ3) is 2.72. The van der Waals surface area contributed by atoms with Gasteiger partial charge in [0, 0.05) is 16.7 Å². The second-order valence-electron chi connectivity index (χ2n) is 11.1. The normalized spacial score (nSPS) is 49.2. The number of hydrogen-bond acceptors (Lipinski definition) is 7. The van der Waals surface area contributed by atoms with Crippen LogP contribution in [0.1, 0.15) is 44.3 Å². The number of carbonyl (C=O) groups excluding carboxylic acids is 2. The van der Waals surface area contributed by atoms with E-state index in [9.17, 15) is 24.2 Å². The number of aliphatic hydroxyl groups excluding tert-OH is 2. The van der Waals surface area contributed by atoms with Crippen LogP contribution in [0.4, 0.5) is 13.2 Å². The van der Waals surface area contributed by atoms with Gasteiger partial charge in [-0.3, -0.25) is 9.59 Å². The maximum Gasteiger partial charge on any atom is 0.195 e. The van der Waals surface area contributed by atoms with Gasteiger partial charge in [-0.2, -0.15) is 4.39 Å². The van der Waals surface area contributed by atoms with Crippen LogP contribution in [-0.4, -0.2) is 58.0 Å². The van der Waals surface area contributed by atoms with Crippen molar-refractivity contribution >= 4 is 22.9 Å². The second kappa shape index (κ2) is 7.60. The minimum Gasteiger partial charge on any atom is -0.390 e. The number of Topliss-reactive ketones (excluding diaryl/α,β-unsaturated/α-hetero) is 1. The summed E-state index contributed by atoms with van der Waals surface area (Å²) >= 11 is 0.810. The number of hydrogen-bond donors (Lipinski definition) is 2. The molecule has 2 heterocycles. The topological polar surface area (TPSA) is 93.1 Å². The van der Waals surface area contributed by atoms with E-state index >= 15 is 8.78 Å². The Labute approximate surface area is 209 Å². The van der Waals surface area contributed by atoms with Crippen LogP contribution in [0.2, 0.25) is 0 Å². The molecule has 4 aliphatic carbocycles. The number of alkyl halides is 2. The molecule has 0 aromatic carbocycles. The highest BCUT2D eigenvalue weighted by Gasteiger charge is 2.80. The molecule has 0 amide bonds. The van der Waals surface area contributed by atoms with Gasteiger partial charge in [-0.05, 0) is 62.0 Å². The molecule has 1 unspecified atom stereocenters. The molecule has 6 rings (SSSR count). The molecule has 0 spiro atoms. The van der Waals surface area contributed by atoms with Crippen molar-refractivity contribution in [2.45, 2.75) is 69.0 Å². The van der Waals surface area contributed by atoms with Crippen molar-refractivity contribution < 1.29 is 42.4 Å². The first-order valence-corrected chi connectivity index (χ1v) is 12.9. The highest BCUT2D eigenvalue weighted by Crippen LogP contribution is 2.72. The SMILES string of the molecule is C[C@]12C=CC(=O)C=C1[C@@H](F)CC1[C@@H]3C[C@H]4O[C@@H](c5ccc(F)s5)O[C@@]4(C(=O)CO)[C@@]3(C)C[C@H](O)[C@@]12F. The molecule has 36 heavy (non-hydrogen) atoms. The van der Waals surface area contributed by atoms with E-state index in [4.69, 9.17) is 9.47 Å². The Morgan fingerprint density at radius 3 is 2.67 bits per heavy atom. The van der Waals surface area contributed by atoms with E-state index in [-0.39, 0.29) is 24.8 Å². The Morgan fingerprint density at radius 2 is 2.00 bits per heavy atom. The first-order valence-electron chi connectivity index (χ1n) is 12.1. The predicted molar refractivity (Wildman–Crippen MR) is 122 cm³/mol. The zero-order valence-corrected chi connectivity index (χ0v) is 20.6. The maximum atomic E-state index is 17.3. The van der Waals surface area contributed by atoms with Crippen LogP contribution >= 0.6 is 11.3 Å². The molecule has 194 valence electrons. The van der Waals surface area contributed by atoms with Crippen molar-refractivity contribution in [3.05, 3.63) is 45.9 Å². The molecule has 0 radical (unpaired) electrons. The summed E-state index contributed by atoms with van der Waals surface area (Å²) in [5.41, 5.74) is -6.76. The smallest absolute Gasteiger partial charge is 0.195 e. The zero-order chi connectivity index (χ0) is 25.8. The number of ketones is 2. The van der Waals surface area contributed by atoms with Gasteiger partial charge >= 0.3 is 0 Å². The fraction of sp³-hybridized carbons (Fsp3) is 0.615. The van der Waals surface area contributed by atoms with Crippen molar-refractivity contribution in [2.24, 2.45) is 22.7 Å². The van der Waals surface area contributed by atoms with Gasteiger partial charge in [0.2, 0.25) is 0 Å². The summed E-state index contributed by atoms with van der Waals surface area (Å²) in [6.07, 6.45) is -1.84. The third-order valence-electron chi connectivity index (χ3n) is 9.75. The summed E-state index contributed by atoms with van der Waals surface area (Å²) in [6, 6.07) is 2.75. The minimum absolute atomic E-state index is 0.0167. The Hall–Kier alpha value is -1.85. The Kier molecular flexibility index (Phi) is 5.17. The number of halogens is 3. The number of fused-ring (bicyclic) bond motifs is 7. The van der Waals surface area contributed by atoms with Crippen molar-refractivity contribution in [1.29, 1.82) is 0 Å². The fourth-order valence-corrected chi connectivity index (χ4v) is 8.85. The number of thiophene rings is 1. The molecule has 1 aromatic heterocycles. The van der Waals surface area contributed by atoms with Gasteiger partial charge in [-0.15, -0.1) is 11.3 Å². The van der Waals surface area contributed by atoms with Crippen LogP contribution in [0.3, 0.4) is 0 Å². The number of carbonyl (C=O) groups is 2. The predicted octanol–water partition coefficient (Wildman–Crippen LogP) is 3.53. The molecule has 5 aliphatic rings. The number of ether oxygens (including phenoxy) is 2. The van der Waals surface area contributed by atoms with Gasteiger partial charge in [0.1, 0.15) is 12.8 Å². The van der Waals surface area contributed by atoms with Gasteiger partial charge in [0.05, 0.1) is 17.1 Å². The molecule has 0 bridgehead atoms. The summed E-state index contributed by atoms with van der Waals surface area (Å²) < 4.78 is 58.9. The average molecular weight is 525 g/mol. The van der Waals surface area contributed by atoms with Crippen molar-refractivity contribution in [3.8, 4) is 0 Å². The van der Waals surface area contributed by atoms with E-state index in [0.29, 0.717) is 4.88 Å². The molecule has 10 atom stereocenters. The highest BCUT2D eigenvalue weighted by atomic mass is 32.1. The monoisotopic (exact) mass is 524 g/mol. The van der Waals surface area contributed by atoms with E-state index in [0.717, 1.165) is 17.4 Å². The average Bonchev–Trinajstić information content (AvgIpc) is 3.49. The van der Waals surface area contributed by atoms with Crippen molar-refractivity contribution in [1.82, 2.24) is 0 Å². The van der Waals surface area contributed by atoms with Crippen molar-refractivity contribution in [3.63, 3.8) is 0 Å². The largest absolute Gasteiger partial charge is 0.390 e. The van der Waals surface area contributed by atoms with E-state index < -0.39 is 81.9 Å². The molecule has 4 fully saturated rings. The number of aliphatic hydroxyl groups is 2. The van der Waals surface area contributed by atoms with E-state index in [1.54, 1.807) is 6.92 Å². The van der Waals surface area contributed by atoms with Gasteiger partial charge in [0.25, 0.3) is 0 Å². The molecular weight excluding hydrogens is 497 g/mol. The summed E-state index contributed by atoms with van der Waals surface area (Å²) in [7, 11) is 0. The van der Waals surface area contributed by atoms with E-state index in [1.807, 2.05) is 0 Å². The van der Waals surface area contributed by atoms with Crippen molar-refractivity contribution in [2.75, 3.05) is 6.61 Å². The lowest BCUT2D eigenvalue weighted by Gasteiger charge is -2.63. The molecule has 6 nitrogen and oxygen atoms in total. The van der Waals surface area contributed by atoms with Crippen LogP contribution in [0.15, 0.2) is 35.9 Å². The quantitative estimate of drug-likeness (QED) is 0.629. The van der Waals surface area contributed by atoms with Crippen LogP contribution in [-0.2, 0) is 19.1 Å². The Balaban J connectivity index is 1.45. The molecule has 1 saturated heterocycles. The van der Waals surface area contributed by atoms with Crippen LogP contribution in [0, 0.1) is 27.8 Å². The lowest BCUT2D eigenvalue weighted by Crippen LogP contribution is -2.70. The van der Waals surface area contributed by atoms with Gasteiger partial charge in [-0.1, -0.05) is 13.0 Å². The second-order valence-corrected chi connectivity index (χ2v) is 12.2. The highest BCUT2D eigenvalue weighted by molar-refractivity contribution is 7.10. The lowest BCUT2D eigenvalue weighted by molar-refractivity contribution is -0.234. The van der Waals surface area contributed by atoms with Crippen LogP contribution in [0.5, 0.6) is 0 Å². The fourth-order valence-electron chi connectivity index (χ4n) is 8.15. The molecule has 1 aliphatic heterocycles. The number of allylic oxidation sites excluding steroid dienone is 4. The van der Waals surface area contributed by atoms with Crippen LogP contribution < -0.4 is 0 Å². The summed E-state index contributed by atoms with van der Waals surface area (Å²) in [6.45, 7) is 2.34.